The van der Waals surface area contributed by atoms with E-state index in [1.54, 1.807) is 18.2 Å². The summed E-state index contributed by atoms with van der Waals surface area (Å²) in [4.78, 5) is 11.4. The van der Waals surface area contributed by atoms with Crippen molar-refractivity contribution in [2.75, 3.05) is 19.5 Å². The number of halogens is 4. The molecule has 0 saturated carbocycles. The van der Waals surface area contributed by atoms with E-state index in [9.17, 15) is 18.0 Å². The van der Waals surface area contributed by atoms with E-state index in [-0.39, 0.29) is 28.5 Å². The van der Waals surface area contributed by atoms with Gasteiger partial charge >= 0.3 is 6.18 Å². The molecule has 174 valence electrons. The number of aromatic nitrogens is 2. The number of nitrogens with two attached hydrogens (primary N) is 1. The van der Waals surface area contributed by atoms with E-state index in [0.717, 1.165) is 4.68 Å². The van der Waals surface area contributed by atoms with E-state index in [1.807, 2.05) is 0 Å². The van der Waals surface area contributed by atoms with Crippen LogP contribution >= 0.6 is 11.6 Å². The molecule has 2 unspecified atom stereocenters. The molecular formula is C22H20ClF3N4O3. The molecule has 0 bridgehead atoms. The van der Waals surface area contributed by atoms with Crippen molar-refractivity contribution < 1.29 is 27.4 Å². The first-order valence-corrected chi connectivity index (χ1v) is 10.2. The average Bonchev–Trinajstić information content (AvgIpc) is 3.21. The zero-order valence-corrected chi connectivity index (χ0v) is 18.4. The van der Waals surface area contributed by atoms with Crippen molar-refractivity contribution in [3.63, 3.8) is 0 Å². The molecule has 0 aliphatic carbocycles. The van der Waals surface area contributed by atoms with Crippen LogP contribution in [0.1, 0.15) is 34.4 Å². The molecule has 0 radical (unpaired) electrons. The van der Waals surface area contributed by atoms with Gasteiger partial charge in [-0.05, 0) is 29.8 Å². The van der Waals surface area contributed by atoms with Gasteiger partial charge in [-0.15, -0.1) is 0 Å². The summed E-state index contributed by atoms with van der Waals surface area (Å²) < 4.78 is 53.4. The van der Waals surface area contributed by atoms with Crippen molar-refractivity contribution in [2.24, 2.45) is 5.73 Å². The fraction of sp³-hybridized carbons (Fsp3) is 0.273. The molecule has 2 heterocycles. The standard InChI is InChI=1S/C22H20ClF3N4O3/c1-32-17-6-4-12(8-18(17)33-2)15-9-19(22(24,25)26)30-20(28-15)10-16(29-30)11-3-5-13(21(27)31)14(23)7-11/h3-8,10,15,19,28H,9H2,1-2H3,(H2,27,31). The molecule has 33 heavy (non-hydrogen) atoms. The summed E-state index contributed by atoms with van der Waals surface area (Å²) in [6.45, 7) is 0. The second-order valence-corrected chi connectivity index (χ2v) is 7.93. The molecule has 0 spiro atoms. The zero-order chi connectivity index (χ0) is 23.9. The number of carbonyl (C=O) groups excluding carboxylic acids is 1. The monoisotopic (exact) mass is 480 g/mol. The third-order valence-corrected chi connectivity index (χ3v) is 5.84. The highest BCUT2D eigenvalue weighted by Crippen LogP contribution is 2.45. The normalized spacial score (nSPS) is 17.8. The summed E-state index contributed by atoms with van der Waals surface area (Å²) in [5.41, 5.74) is 6.73. The highest BCUT2D eigenvalue weighted by atomic mass is 35.5. The minimum absolute atomic E-state index is 0.0921. The lowest BCUT2D eigenvalue weighted by molar-refractivity contribution is -0.173. The number of rotatable bonds is 5. The van der Waals surface area contributed by atoms with Crippen LogP contribution in [-0.4, -0.2) is 36.1 Å². The Hall–Kier alpha value is -3.40. The fourth-order valence-corrected chi connectivity index (χ4v) is 4.15. The van der Waals surface area contributed by atoms with Crippen molar-refractivity contribution in [1.29, 1.82) is 0 Å². The Balaban J connectivity index is 1.74. The predicted octanol–water partition coefficient (Wildman–Crippen LogP) is 4.98. The lowest BCUT2D eigenvalue weighted by Crippen LogP contribution is -2.35. The molecule has 1 aliphatic heterocycles. The molecule has 3 aromatic rings. The van der Waals surface area contributed by atoms with Gasteiger partial charge in [0.25, 0.3) is 0 Å². The van der Waals surface area contributed by atoms with Crippen LogP contribution < -0.4 is 20.5 Å². The smallest absolute Gasteiger partial charge is 0.410 e. The number of benzene rings is 2. The molecule has 11 heteroatoms. The topological polar surface area (TPSA) is 91.4 Å². The minimum Gasteiger partial charge on any atom is -0.493 e. The van der Waals surface area contributed by atoms with Crippen LogP contribution in [0, 0.1) is 0 Å². The first-order chi connectivity index (χ1) is 15.6. The van der Waals surface area contributed by atoms with Gasteiger partial charge in [0.05, 0.1) is 36.5 Å². The predicted molar refractivity (Wildman–Crippen MR) is 117 cm³/mol. The van der Waals surface area contributed by atoms with Crippen LogP contribution in [0.4, 0.5) is 19.0 Å². The largest absolute Gasteiger partial charge is 0.493 e. The Bertz CT molecular complexity index is 1210. The molecule has 0 saturated heterocycles. The highest BCUT2D eigenvalue weighted by Gasteiger charge is 2.46. The van der Waals surface area contributed by atoms with Gasteiger partial charge < -0.3 is 20.5 Å². The number of methoxy groups -OCH3 is 2. The van der Waals surface area contributed by atoms with E-state index in [1.165, 1.54) is 38.5 Å². The third kappa shape index (κ3) is 4.30. The average molecular weight is 481 g/mol. The summed E-state index contributed by atoms with van der Waals surface area (Å²) in [5.74, 6) is 0.401. The Kier molecular flexibility index (Phi) is 5.87. The molecule has 0 fully saturated rings. The van der Waals surface area contributed by atoms with Crippen molar-refractivity contribution >= 4 is 23.3 Å². The second-order valence-electron chi connectivity index (χ2n) is 7.52. The molecular weight excluding hydrogens is 461 g/mol. The first kappa shape index (κ1) is 22.8. The van der Waals surface area contributed by atoms with Crippen LogP contribution in [0.25, 0.3) is 11.3 Å². The molecule has 1 amide bonds. The summed E-state index contributed by atoms with van der Waals surface area (Å²) >= 11 is 6.11. The number of ether oxygens (including phenoxy) is 2. The van der Waals surface area contributed by atoms with Gasteiger partial charge in [-0.3, -0.25) is 4.79 Å². The molecule has 2 aromatic carbocycles. The Morgan fingerprint density at radius 3 is 2.48 bits per heavy atom. The number of hydrogen-bond donors (Lipinski definition) is 2. The quantitative estimate of drug-likeness (QED) is 0.537. The number of hydrogen-bond acceptors (Lipinski definition) is 5. The fourth-order valence-electron chi connectivity index (χ4n) is 3.88. The summed E-state index contributed by atoms with van der Waals surface area (Å²) in [5, 5.41) is 7.42. The van der Waals surface area contributed by atoms with Gasteiger partial charge in [-0.1, -0.05) is 23.7 Å². The van der Waals surface area contributed by atoms with Gasteiger partial charge in [-0.2, -0.15) is 18.3 Å². The van der Waals surface area contributed by atoms with E-state index < -0.39 is 24.2 Å². The molecule has 7 nitrogen and oxygen atoms in total. The van der Waals surface area contributed by atoms with Crippen LogP contribution in [0.2, 0.25) is 5.02 Å². The zero-order valence-electron chi connectivity index (χ0n) is 17.6. The third-order valence-electron chi connectivity index (χ3n) is 5.53. The van der Waals surface area contributed by atoms with Gasteiger partial charge in [-0.25, -0.2) is 4.68 Å². The Morgan fingerprint density at radius 1 is 1.15 bits per heavy atom. The number of anilines is 1. The number of nitrogens with zero attached hydrogens (tertiary/aromatic N) is 2. The van der Waals surface area contributed by atoms with Crippen LogP contribution in [-0.2, 0) is 0 Å². The number of nitrogens with one attached hydrogen (secondary N) is 1. The van der Waals surface area contributed by atoms with E-state index in [4.69, 9.17) is 26.8 Å². The van der Waals surface area contributed by atoms with Crippen LogP contribution in [0.5, 0.6) is 11.5 Å². The van der Waals surface area contributed by atoms with Gasteiger partial charge in [0.2, 0.25) is 5.91 Å². The van der Waals surface area contributed by atoms with E-state index in [2.05, 4.69) is 10.4 Å². The van der Waals surface area contributed by atoms with Crippen molar-refractivity contribution in [1.82, 2.24) is 9.78 Å². The Morgan fingerprint density at radius 2 is 1.88 bits per heavy atom. The number of fused-ring (bicyclic) bond motifs is 1. The molecule has 4 rings (SSSR count). The SMILES string of the molecule is COc1ccc(C2CC(C(F)(F)F)n3nc(-c4ccc(C(N)=O)c(Cl)c4)cc3N2)cc1OC. The highest BCUT2D eigenvalue weighted by molar-refractivity contribution is 6.34. The number of amides is 1. The molecule has 3 N–H and O–H groups in total. The molecule has 1 aliphatic rings. The van der Waals surface area contributed by atoms with E-state index in [0.29, 0.717) is 22.6 Å². The summed E-state index contributed by atoms with van der Waals surface area (Å²) in [7, 11) is 2.95. The number of primary amides is 1. The van der Waals surface area contributed by atoms with E-state index >= 15 is 0 Å². The van der Waals surface area contributed by atoms with Gasteiger partial charge in [0.15, 0.2) is 17.5 Å². The van der Waals surface area contributed by atoms with Gasteiger partial charge in [0, 0.05) is 18.1 Å². The van der Waals surface area contributed by atoms with Crippen LogP contribution in [0.3, 0.4) is 0 Å². The number of carbonyl (C=O) groups is 1. The summed E-state index contributed by atoms with van der Waals surface area (Å²) in [6.07, 6.45) is -4.79. The second kappa shape index (κ2) is 8.51. The lowest BCUT2D eigenvalue weighted by Gasteiger charge is -2.33. The van der Waals surface area contributed by atoms with Crippen LogP contribution in [0.15, 0.2) is 42.5 Å². The minimum atomic E-state index is -4.53. The first-order valence-electron chi connectivity index (χ1n) is 9.86. The van der Waals surface area contributed by atoms with Crippen molar-refractivity contribution in [2.45, 2.75) is 24.7 Å². The maximum absolute atomic E-state index is 14.0. The molecule has 2 atom stereocenters. The lowest BCUT2D eigenvalue weighted by atomic mass is 9.96. The maximum Gasteiger partial charge on any atom is 0.410 e. The van der Waals surface area contributed by atoms with Crippen molar-refractivity contribution in [3.8, 4) is 22.8 Å². The van der Waals surface area contributed by atoms with Gasteiger partial charge in [0.1, 0.15) is 5.82 Å². The number of alkyl halides is 3. The molecule has 1 aromatic heterocycles. The Labute approximate surface area is 192 Å². The van der Waals surface area contributed by atoms with Crippen molar-refractivity contribution in [3.05, 3.63) is 58.6 Å². The maximum atomic E-state index is 14.0. The summed E-state index contributed by atoms with van der Waals surface area (Å²) in [6, 6.07) is 8.43.